The van der Waals surface area contributed by atoms with Crippen LogP contribution in [-0.4, -0.2) is 89.6 Å². The SMILES string of the molecule is CN=C(NCCCOCCOC)NCc1ccc(N2CCN(C)CC2)nc1.I. The Hall–Kier alpha value is -1.17. The van der Waals surface area contributed by atoms with Crippen molar-refractivity contribution in [1.29, 1.82) is 0 Å². The number of nitrogens with one attached hydrogen (secondary N) is 2. The van der Waals surface area contributed by atoms with Crippen LogP contribution in [0, 0.1) is 0 Å². The average Bonchev–Trinajstić information content (AvgIpc) is 2.70. The van der Waals surface area contributed by atoms with Crippen LogP contribution in [0.3, 0.4) is 0 Å². The number of likely N-dealkylation sites (N-methyl/N-ethyl adjacent to an activating group) is 1. The molecule has 0 saturated carbocycles. The standard InChI is InChI=1S/C19H34N6O2.HI/c1-20-19(21-7-4-12-27-14-13-26-3)23-16-17-5-6-18(22-15-17)25-10-8-24(2)9-11-25;/h5-6,15H,4,7-14,16H2,1-3H3,(H2,20,21,23);1H. The van der Waals surface area contributed by atoms with Crippen LogP contribution in [0.15, 0.2) is 23.3 Å². The second-order valence-electron chi connectivity index (χ2n) is 6.63. The van der Waals surface area contributed by atoms with Crippen molar-refractivity contribution >= 4 is 35.8 Å². The molecular weight excluding hydrogens is 471 g/mol. The van der Waals surface area contributed by atoms with E-state index < -0.39 is 0 Å². The van der Waals surface area contributed by atoms with Crippen molar-refractivity contribution in [3.63, 3.8) is 0 Å². The molecule has 8 nitrogen and oxygen atoms in total. The van der Waals surface area contributed by atoms with E-state index in [9.17, 15) is 0 Å². The molecule has 0 radical (unpaired) electrons. The first-order chi connectivity index (χ1) is 13.2. The summed E-state index contributed by atoms with van der Waals surface area (Å²) in [7, 11) is 5.62. The summed E-state index contributed by atoms with van der Waals surface area (Å²) in [6.07, 6.45) is 2.86. The molecule has 2 rings (SSSR count). The summed E-state index contributed by atoms with van der Waals surface area (Å²) < 4.78 is 10.4. The van der Waals surface area contributed by atoms with Gasteiger partial charge in [0.25, 0.3) is 0 Å². The number of halogens is 1. The Labute approximate surface area is 186 Å². The minimum absolute atomic E-state index is 0. The monoisotopic (exact) mass is 506 g/mol. The van der Waals surface area contributed by atoms with E-state index in [-0.39, 0.29) is 24.0 Å². The lowest BCUT2D eigenvalue weighted by Gasteiger charge is -2.33. The first kappa shape index (κ1) is 24.9. The largest absolute Gasteiger partial charge is 0.382 e. The molecule has 0 unspecified atom stereocenters. The normalized spacial score (nSPS) is 15.2. The van der Waals surface area contributed by atoms with E-state index in [1.165, 1.54) is 0 Å². The lowest BCUT2D eigenvalue weighted by atomic mass is 10.2. The molecule has 1 aliphatic rings. The summed E-state index contributed by atoms with van der Waals surface area (Å²) >= 11 is 0. The van der Waals surface area contributed by atoms with Crippen LogP contribution < -0.4 is 15.5 Å². The fourth-order valence-corrected chi connectivity index (χ4v) is 2.78. The number of hydrogen-bond donors (Lipinski definition) is 2. The fourth-order valence-electron chi connectivity index (χ4n) is 2.78. The van der Waals surface area contributed by atoms with Gasteiger partial charge in [-0.1, -0.05) is 6.07 Å². The Balaban J connectivity index is 0.00000392. The molecule has 0 bridgehead atoms. The van der Waals surface area contributed by atoms with Crippen LogP contribution in [0.4, 0.5) is 5.82 Å². The number of piperazine rings is 1. The van der Waals surface area contributed by atoms with Crippen LogP contribution >= 0.6 is 24.0 Å². The zero-order valence-electron chi connectivity index (χ0n) is 17.3. The van der Waals surface area contributed by atoms with E-state index in [1.807, 2.05) is 6.20 Å². The molecule has 0 spiro atoms. The molecule has 2 N–H and O–H groups in total. The molecule has 0 amide bonds. The third-order valence-corrected chi connectivity index (χ3v) is 4.51. The lowest BCUT2D eigenvalue weighted by Crippen LogP contribution is -2.44. The molecule has 0 atom stereocenters. The minimum atomic E-state index is 0. The van der Waals surface area contributed by atoms with Crippen molar-refractivity contribution in [3.8, 4) is 0 Å². The van der Waals surface area contributed by atoms with Crippen molar-refractivity contribution in [1.82, 2.24) is 20.5 Å². The lowest BCUT2D eigenvalue weighted by molar-refractivity contribution is 0.0698. The van der Waals surface area contributed by atoms with Gasteiger partial charge in [0.05, 0.1) is 13.2 Å². The number of methoxy groups -OCH3 is 1. The summed E-state index contributed by atoms with van der Waals surface area (Å²) in [5.41, 5.74) is 1.14. The van der Waals surface area contributed by atoms with Gasteiger partial charge < -0.3 is 29.9 Å². The summed E-state index contributed by atoms with van der Waals surface area (Å²) in [4.78, 5) is 13.6. The fraction of sp³-hybridized carbons (Fsp3) is 0.684. The molecule has 1 aromatic heterocycles. The molecule has 9 heteroatoms. The van der Waals surface area contributed by atoms with Gasteiger partial charge in [-0.3, -0.25) is 4.99 Å². The molecular formula is C19H35IN6O2. The highest BCUT2D eigenvalue weighted by molar-refractivity contribution is 14.0. The van der Waals surface area contributed by atoms with E-state index in [0.717, 1.165) is 56.5 Å². The van der Waals surface area contributed by atoms with Crippen molar-refractivity contribution < 1.29 is 9.47 Å². The second kappa shape index (κ2) is 14.8. The van der Waals surface area contributed by atoms with Crippen molar-refractivity contribution in [2.45, 2.75) is 13.0 Å². The number of guanidine groups is 1. The first-order valence-electron chi connectivity index (χ1n) is 9.62. The van der Waals surface area contributed by atoms with E-state index in [2.05, 4.69) is 49.6 Å². The molecule has 0 aliphatic carbocycles. The summed E-state index contributed by atoms with van der Waals surface area (Å²) in [6.45, 7) is 7.74. The van der Waals surface area contributed by atoms with E-state index in [0.29, 0.717) is 26.4 Å². The van der Waals surface area contributed by atoms with E-state index in [4.69, 9.17) is 9.47 Å². The molecule has 1 aromatic rings. The number of anilines is 1. The Kier molecular flexibility index (Phi) is 13.1. The maximum atomic E-state index is 5.45. The first-order valence-corrected chi connectivity index (χ1v) is 9.62. The van der Waals surface area contributed by atoms with Gasteiger partial charge in [-0.05, 0) is 25.1 Å². The topological polar surface area (TPSA) is 74.3 Å². The highest BCUT2D eigenvalue weighted by Gasteiger charge is 2.14. The van der Waals surface area contributed by atoms with Crippen LogP contribution in [-0.2, 0) is 16.0 Å². The third-order valence-electron chi connectivity index (χ3n) is 4.51. The van der Waals surface area contributed by atoms with Crippen LogP contribution in [0.1, 0.15) is 12.0 Å². The van der Waals surface area contributed by atoms with Gasteiger partial charge in [0.2, 0.25) is 0 Å². The van der Waals surface area contributed by atoms with E-state index >= 15 is 0 Å². The minimum Gasteiger partial charge on any atom is -0.382 e. The highest BCUT2D eigenvalue weighted by Crippen LogP contribution is 2.13. The van der Waals surface area contributed by atoms with Crippen molar-refractivity contribution in [2.24, 2.45) is 4.99 Å². The van der Waals surface area contributed by atoms with Gasteiger partial charge in [-0.2, -0.15) is 0 Å². The summed E-state index contributed by atoms with van der Waals surface area (Å²) in [6, 6.07) is 4.24. The van der Waals surface area contributed by atoms with Crippen LogP contribution in [0.25, 0.3) is 0 Å². The molecule has 28 heavy (non-hydrogen) atoms. The van der Waals surface area contributed by atoms with Crippen LogP contribution in [0.5, 0.6) is 0 Å². The quantitative estimate of drug-likeness (QED) is 0.214. The van der Waals surface area contributed by atoms with Gasteiger partial charge in [0, 0.05) is 66.2 Å². The predicted molar refractivity (Wildman–Crippen MR) is 125 cm³/mol. The third kappa shape index (κ3) is 9.35. The summed E-state index contributed by atoms with van der Waals surface area (Å²) in [5, 5.41) is 6.61. The van der Waals surface area contributed by atoms with Gasteiger partial charge in [0.15, 0.2) is 5.96 Å². The zero-order chi connectivity index (χ0) is 19.3. The maximum Gasteiger partial charge on any atom is 0.191 e. The molecule has 1 fully saturated rings. The predicted octanol–water partition coefficient (Wildman–Crippen LogP) is 1.17. The highest BCUT2D eigenvalue weighted by atomic mass is 127. The molecule has 0 aromatic carbocycles. The Morgan fingerprint density at radius 1 is 1.14 bits per heavy atom. The zero-order valence-corrected chi connectivity index (χ0v) is 19.6. The molecule has 1 aliphatic heterocycles. The molecule has 2 heterocycles. The van der Waals surface area contributed by atoms with Crippen molar-refractivity contribution in [3.05, 3.63) is 23.9 Å². The number of nitrogens with zero attached hydrogens (tertiary/aromatic N) is 4. The van der Waals surface area contributed by atoms with Crippen molar-refractivity contribution in [2.75, 3.05) is 78.6 Å². The van der Waals surface area contributed by atoms with Gasteiger partial charge in [-0.15, -0.1) is 24.0 Å². The van der Waals surface area contributed by atoms with E-state index in [1.54, 1.807) is 14.2 Å². The number of rotatable bonds is 10. The van der Waals surface area contributed by atoms with Gasteiger partial charge in [0.1, 0.15) is 5.82 Å². The molecule has 1 saturated heterocycles. The smallest absolute Gasteiger partial charge is 0.191 e. The Bertz CT molecular complexity index is 550. The van der Waals surface area contributed by atoms with Gasteiger partial charge in [-0.25, -0.2) is 4.98 Å². The number of pyridine rings is 1. The average molecular weight is 506 g/mol. The number of ether oxygens (including phenoxy) is 2. The van der Waals surface area contributed by atoms with Crippen LogP contribution in [0.2, 0.25) is 0 Å². The Morgan fingerprint density at radius 2 is 1.93 bits per heavy atom. The number of hydrogen-bond acceptors (Lipinski definition) is 6. The van der Waals surface area contributed by atoms with Gasteiger partial charge >= 0.3 is 0 Å². The summed E-state index contributed by atoms with van der Waals surface area (Å²) in [5.74, 6) is 1.85. The number of aromatic nitrogens is 1. The maximum absolute atomic E-state index is 5.45. The Morgan fingerprint density at radius 3 is 2.57 bits per heavy atom. The second-order valence-corrected chi connectivity index (χ2v) is 6.63. The number of aliphatic imine (C=N–C) groups is 1. The molecule has 160 valence electrons.